The first-order valence-electron chi connectivity index (χ1n) is 5.49. The van der Waals surface area contributed by atoms with E-state index >= 15 is 0 Å². The summed E-state index contributed by atoms with van der Waals surface area (Å²) in [5.74, 6) is 0.683. The summed E-state index contributed by atoms with van der Waals surface area (Å²) in [5.41, 5.74) is 0.252. The van der Waals surface area contributed by atoms with Crippen molar-refractivity contribution in [3.63, 3.8) is 0 Å². The van der Waals surface area contributed by atoms with Crippen molar-refractivity contribution in [2.45, 2.75) is 54.5 Å². The zero-order valence-corrected chi connectivity index (χ0v) is 10.7. The Kier molecular flexibility index (Phi) is 4.63. The van der Waals surface area contributed by atoms with Crippen molar-refractivity contribution in [3.05, 3.63) is 0 Å². The van der Waals surface area contributed by atoms with Gasteiger partial charge in [0.15, 0.2) is 0 Å². The summed E-state index contributed by atoms with van der Waals surface area (Å²) < 4.78 is 0. The molecule has 0 N–H and O–H groups in total. The molecule has 2 heteroatoms. The average molecular weight is 199 g/mol. The van der Waals surface area contributed by atoms with Crippen LogP contribution in [-0.4, -0.2) is 23.4 Å². The molecule has 1 amide bonds. The summed E-state index contributed by atoms with van der Waals surface area (Å²) in [6.45, 7) is 15.5. The van der Waals surface area contributed by atoms with Gasteiger partial charge in [-0.3, -0.25) is 4.79 Å². The van der Waals surface area contributed by atoms with Crippen LogP contribution in [0.25, 0.3) is 0 Å². The standard InChI is InChI=1S/C12H25NO/c1-8-13(11(4)14)10(3)9(2)12(5,6)7/h9-10H,8H2,1-7H3. The lowest BCUT2D eigenvalue weighted by Crippen LogP contribution is -2.44. The van der Waals surface area contributed by atoms with E-state index in [0.717, 1.165) is 6.54 Å². The molecule has 0 rings (SSSR count). The van der Waals surface area contributed by atoms with Gasteiger partial charge in [-0.1, -0.05) is 27.7 Å². The monoisotopic (exact) mass is 199 g/mol. The number of hydrogen-bond acceptors (Lipinski definition) is 1. The highest BCUT2D eigenvalue weighted by Gasteiger charge is 2.29. The molecule has 0 saturated carbocycles. The number of rotatable bonds is 3. The van der Waals surface area contributed by atoms with Crippen LogP contribution in [0.15, 0.2) is 0 Å². The molecule has 0 bridgehead atoms. The molecule has 0 radical (unpaired) electrons. The van der Waals surface area contributed by atoms with Crippen molar-refractivity contribution < 1.29 is 4.79 Å². The predicted octanol–water partition coefficient (Wildman–Crippen LogP) is 2.93. The quantitative estimate of drug-likeness (QED) is 0.684. The lowest BCUT2D eigenvalue weighted by atomic mass is 9.77. The summed E-state index contributed by atoms with van der Waals surface area (Å²) >= 11 is 0. The summed E-state index contributed by atoms with van der Waals surface area (Å²) in [6, 6.07) is 0.317. The highest BCUT2D eigenvalue weighted by Crippen LogP contribution is 2.30. The van der Waals surface area contributed by atoms with Gasteiger partial charge < -0.3 is 4.90 Å². The van der Waals surface area contributed by atoms with Crippen LogP contribution in [0.3, 0.4) is 0 Å². The minimum atomic E-state index is 0.177. The molecule has 0 aromatic carbocycles. The SMILES string of the molecule is CCN(C(C)=O)C(C)C(C)C(C)(C)C. The van der Waals surface area contributed by atoms with Crippen LogP contribution >= 0.6 is 0 Å². The zero-order valence-electron chi connectivity index (χ0n) is 10.7. The Morgan fingerprint density at radius 1 is 1.29 bits per heavy atom. The fourth-order valence-corrected chi connectivity index (χ4v) is 1.79. The lowest BCUT2D eigenvalue weighted by Gasteiger charge is -2.38. The Balaban J connectivity index is 4.58. The number of carbonyl (C=O) groups is 1. The Hall–Kier alpha value is -0.530. The maximum absolute atomic E-state index is 11.4. The van der Waals surface area contributed by atoms with Crippen LogP contribution in [0.2, 0.25) is 0 Å². The van der Waals surface area contributed by atoms with E-state index in [2.05, 4.69) is 34.6 Å². The maximum atomic E-state index is 11.4. The highest BCUT2D eigenvalue weighted by molar-refractivity contribution is 5.73. The zero-order chi connectivity index (χ0) is 11.5. The molecular weight excluding hydrogens is 174 g/mol. The molecule has 14 heavy (non-hydrogen) atoms. The Morgan fingerprint density at radius 3 is 1.93 bits per heavy atom. The van der Waals surface area contributed by atoms with Crippen molar-refractivity contribution in [2.75, 3.05) is 6.54 Å². The molecule has 84 valence electrons. The third-order valence-electron chi connectivity index (χ3n) is 3.33. The van der Waals surface area contributed by atoms with E-state index in [1.54, 1.807) is 6.92 Å². The Labute approximate surface area is 88.7 Å². The van der Waals surface area contributed by atoms with Gasteiger partial charge in [0.2, 0.25) is 5.91 Å². The Bertz CT molecular complexity index is 193. The molecule has 0 aromatic heterocycles. The van der Waals surface area contributed by atoms with Gasteiger partial charge in [-0.25, -0.2) is 0 Å². The smallest absolute Gasteiger partial charge is 0.219 e. The van der Waals surface area contributed by atoms with Gasteiger partial charge in [0.25, 0.3) is 0 Å². The van der Waals surface area contributed by atoms with Crippen molar-refractivity contribution >= 4 is 5.91 Å². The third kappa shape index (κ3) is 3.32. The molecular formula is C12H25NO. The van der Waals surface area contributed by atoms with Gasteiger partial charge in [-0.15, -0.1) is 0 Å². The first kappa shape index (κ1) is 13.5. The van der Waals surface area contributed by atoms with E-state index < -0.39 is 0 Å². The molecule has 0 aliphatic heterocycles. The van der Waals surface area contributed by atoms with Crippen LogP contribution < -0.4 is 0 Å². The van der Waals surface area contributed by atoms with Crippen LogP contribution in [0.1, 0.15) is 48.5 Å². The minimum absolute atomic E-state index is 0.177. The Morgan fingerprint density at radius 2 is 1.71 bits per heavy atom. The second-order valence-corrected chi connectivity index (χ2v) is 5.20. The second kappa shape index (κ2) is 4.81. The summed E-state index contributed by atoms with van der Waals surface area (Å²) in [4.78, 5) is 13.3. The molecule has 0 aliphatic carbocycles. The van der Waals surface area contributed by atoms with E-state index in [1.165, 1.54) is 0 Å². The van der Waals surface area contributed by atoms with Gasteiger partial charge in [-0.05, 0) is 25.2 Å². The third-order valence-corrected chi connectivity index (χ3v) is 3.33. The average Bonchev–Trinajstić information content (AvgIpc) is 2.01. The summed E-state index contributed by atoms with van der Waals surface area (Å²) in [5, 5.41) is 0. The van der Waals surface area contributed by atoms with Crippen molar-refractivity contribution in [1.82, 2.24) is 4.90 Å². The van der Waals surface area contributed by atoms with E-state index in [9.17, 15) is 4.79 Å². The fourth-order valence-electron chi connectivity index (χ4n) is 1.79. The van der Waals surface area contributed by atoms with Gasteiger partial charge in [0.05, 0.1) is 0 Å². The maximum Gasteiger partial charge on any atom is 0.219 e. The molecule has 2 atom stereocenters. The molecule has 0 heterocycles. The number of nitrogens with zero attached hydrogens (tertiary/aromatic N) is 1. The van der Waals surface area contributed by atoms with Crippen LogP contribution in [0, 0.1) is 11.3 Å². The van der Waals surface area contributed by atoms with Crippen LogP contribution in [0.5, 0.6) is 0 Å². The van der Waals surface area contributed by atoms with Crippen LogP contribution in [-0.2, 0) is 4.79 Å². The van der Waals surface area contributed by atoms with Crippen LogP contribution in [0.4, 0.5) is 0 Å². The second-order valence-electron chi connectivity index (χ2n) is 5.20. The van der Waals surface area contributed by atoms with Gasteiger partial charge >= 0.3 is 0 Å². The molecule has 2 unspecified atom stereocenters. The summed E-state index contributed by atoms with van der Waals surface area (Å²) in [7, 11) is 0. The topological polar surface area (TPSA) is 20.3 Å². The minimum Gasteiger partial charge on any atom is -0.340 e. The van der Waals surface area contributed by atoms with Crippen molar-refractivity contribution in [2.24, 2.45) is 11.3 Å². The molecule has 0 aromatic rings. The van der Waals surface area contributed by atoms with Gasteiger partial charge in [0, 0.05) is 19.5 Å². The van der Waals surface area contributed by atoms with E-state index in [1.807, 2.05) is 11.8 Å². The van der Waals surface area contributed by atoms with Crippen molar-refractivity contribution in [3.8, 4) is 0 Å². The number of amides is 1. The van der Waals surface area contributed by atoms with Crippen molar-refractivity contribution in [1.29, 1.82) is 0 Å². The highest BCUT2D eigenvalue weighted by atomic mass is 16.2. The van der Waals surface area contributed by atoms with E-state index in [-0.39, 0.29) is 11.3 Å². The molecule has 0 spiro atoms. The van der Waals surface area contributed by atoms with Gasteiger partial charge in [-0.2, -0.15) is 0 Å². The number of hydrogen-bond donors (Lipinski definition) is 0. The van der Waals surface area contributed by atoms with Gasteiger partial charge in [0.1, 0.15) is 0 Å². The number of carbonyl (C=O) groups excluding carboxylic acids is 1. The lowest BCUT2D eigenvalue weighted by molar-refractivity contribution is -0.132. The normalized spacial score (nSPS) is 16.2. The first-order valence-corrected chi connectivity index (χ1v) is 5.49. The largest absolute Gasteiger partial charge is 0.340 e. The first-order chi connectivity index (χ1) is 6.21. The summed E-state index contributed by atoms with van der Waals surface area (Å²) in [6.07, 6.45) is 0. The molecule has 0 saturated heterocycles. The molecule has 0 aliphatic rings. The predicted molar refractivity (Wildman–Crippen MR) is 61.1 cm³/mol. The fraction of sp³-hybridized carbons (Fsp3) is 0.917. The van der Waals surface area contributed by atoms with E-state index in [0.29, 0.717) is 12.0 Å². The molecule has 0 fully saturated rings. The van der Waals surface area contributed by atoms with E-state index in [4.69, 9.17) is 0 Å². The molecule has 2 nitrogen and oxygen atoms in total.